The summed E-state index contributed by atoms with van der Waals surface area (Å²) in [6, 6.07) is 1.77. The number of rotatable bonds is 5. The van der Waals surface area contributed by atoms with Crippen molar-refractivity contribution in [2.75, 3.05) is 26.1 Å². The summed E-state index contributed by atoms with van der Waals surface area (Å²) in [5.41, 5.74) is 0.852. The van der Waals surface area contributed by atoms with Crippen LogP contribution in [0.1, 0.15) is 6.92 Å². The van der Waals surface area contributed by atoms with E-state index in [9.17, 15) is 0 Å². The number of nitrogens with zero attached hydrogens (tertiary/aromatic N) is 1. The normalized spacial score (nSPS) is 12.3. The average molecular weight is 231 g/mol. The smallest absolute Gasteiger partial charge is 0.232 e. The Labute approximate surface area is 94.6 Å². The molecule has 0 spiro atoms. The zero-order valence-electron chi connectivity index (χ0n) is 9.08. The summed E-state index contributed by atoms with van der Waals surface area (Å²) in [5.74, 6) is 0.432. The van der Waals surface area contributed by atoms with Gasteiger partial charge in [0, 0.05) is 13.7 Å². The molecular formula is C10H15ClN2O2. The molecule has 1 heterocycles. The van der Waals surface area contributed by atoms with E-state index in [0.29, 0.717) is 17.4 Å². The predicted octanol–water partition coefficient (Wildman–Crippen LogP) is 2.19. The molecule has 84 valence electrons. The molecule has 1 atom stereocenters. The number of pyridine rings is 1. The van der Waals surface area contributed by atoms with E-state index in [1.807, 2.05) is 6.92 Å². The van der Waals surface area contributed by atoms with Gasteiger partial charge in [-0.3, -0.25) is 0 Å². The number of hydrogen-bond donors (Lipinski definition) is 1. The molecule has 0 aromatic carbocycles. The Bertz CT molecular complexity index is 320. The summed E-state index contributed by atoms with van der Waals surface area (Å²) in [5, 5.41) is 3.65. The highest BCUT2D eigenvalue weighted by atomic mass is 35.5. The van der Waals surface area contributed by atoms with Gasteiger partial charge in [-0.25, -0.2) is 4.98 Å². The van der Waals surface area contributed by atoms with E-state index < -0.39 is 0 Å². The van der Waals surface area contributed by atoms with Crippen LogP contribution in [0.15, 0.2) is 12.3 Å². The Morgan fingerprint density at radius 1 is 1.53 bits per heavy atom. The van der Waals surface area contributed by atoms with Crippen molar-refractivity contribution < 1.29 is 9.47 Å². The second-order valence-electron chi connectivity index (χ2n) is 3.14. The van der Waals surface area contributed by atoms with E-state index in [4.69, 9.17) is 21.1 Å². The zero-order valence-corrected chi connectivity index (χ0v) is 9.84. The molecule has 15 heavy (non-hydrogen) atoms. The van der Waals surface area contributed by atoms with Crippen LogP contribution >= 0.6 is 11.6 Å². The first-order valence-corrected chi connectivity index (χ1v) is 5.01. The molecule has 1 aromatic heterocycles. The SMILES string of the molecule is COc1ncc(NC[C@H](C)OC)cc1Cl. The third-order valence-corrected chi connectivity index (χ3v) is 2.27. The molecule has 1 rings (SSSR count). The molecule has 1 aromatic rings. The van der Waals surface area contributed by atoms with Gasteiger partial charge in [0.25, 0.3) is 0 Å². The monoisotopic (exact) mass is 230 g/mol. The quantitative estimate of drug-likeness (QED) is 0.842. The minimum absolute atomic E-state index is 0.144. The molecule has 0 unspecified atom stereocenters. The fourth-order valence-electron chi connectivity index (χ4n) is 1.02. The predicted molar refractivity (Wildman–Crippen MR) is 60.8 cm³/mol. The van der Waals surface area contributed by atoms with E-state index in [2.05, 4.69) is 10.3 Å². The van der Waals surface area contributed by atoms with Gasteiger partial charge < -0.3 is 14.8 Å². The lowest BCUT2D eigenvalue weighted by Gasteiger charge is -2.12. The van der Waals surface area contributed by atoms with Crippen LogP contribution in [0.3, 0.4) is 0 Å². The van der Waals surface area contributed by atoms with Crippen LogP contribution in [-0.2, 0) is 4.74 Å². The van der Waals surface area contributed by atoms with Crippen LogP contribution in [0.5, 0.6) is 5.88 Å². The lowest BCUT2D eigenvalue weighted by Crippen LogP contribution is -2.18. The molecule has 0 aliphatic rings. The van der Waals surface area contributed by atoms with Crippen molar-refractivity contribution >= 4 is 17.3 Å². The van der Waals surface area contributed by atoms with Gasteiger partial charge >= 0.3 is 0 Å². The fourth-order valence-corrected chi connectivity index (χ4v) is 1.26. The van der Waals surface area contributed by atoms with Gasteiger partial charge in [0.1, 0.15) is 5.02 Å². The molecule has 1 N–H and O–H groups in total. The van der Waals surface area contributed by atoms with Crippen molar-refractivity contribution in [1.82, 2.24) is 4.98 Å². The van der Waals surface area contributed by atoms with Crippen molar-refractivity contribution in [2.24, 2.45) is 0 Å². The summed E-state index contributed by atoms with van der Waals surface area (Å²) < 4.78 is 10.1. The Kier molecular flexibility index (Phi) is 4.65. The van der Waals surface area contributed by atoms with Gasteiger partial charge in [0.15, 0.2) is 0 Å². The van der Waals surface area contributed by atoms with Crippen molar-refractivity contribution in [3.05, 3.63) is 17.3 Å². The molecule has 0 aliphatic carbocycles. The van der Waals surface area contributed by atoms with Crippen molar-refractivity contribution in [3.63, 3.8) is 0 Å². The van der Waals surface area contributed by atoms with Crippen molar-refractivity contribution in [2.45, 2.75) is 13.0 Å². The van der Waals surface area contributed by atoms with E-state index in [-0.39, 0.29) is 6.10 Å². The van der Waals surface area contributed by atoms with Gasteiger partial charge in [0.05, 0.1) is 25.1 Å². The topological polar surface area (TPSA) is 43.4 Å². The van der Waals surface area contributed by atoms with Crippen molar-refractivity contribution in [1.29, 1.82) is 0 Å². The Morgan fingerprint density at radius 2 is 2.27 bits per heavy atom. The van der Waals surface area contributed by atoms with Gasteiger partial charge in [0.2, 0.25) is 5.88 Å². The van der Waals surface area contributed by atoms with Gasteiger partial charge in [-0.2, -0.15) is 0 Å². The Balaban J connectivity index is 2.59. The molecule has 0 amide bonds. The maximum absolute atomic E-state index is 5.92. The standard InChI is InChI=1S/C10H15ClN2O2/c1-7(14-2)5-12-8-4-9(11)10(15-3)13-6-8/h4,6-7,12H,5H2,1-3H3/t7-/m0/s1. The molecule has 0 fully saturated rings. The molecule has 0 saturated heterocycles. The second-order valence-corrected chi connectivity index (χ2v) is 3.55. The van der Waals surface area contributed by atoms with Crippen LogP contribution in [0.25, 0.3) is 0 Å². The van der Waals surface area contributed by atoms with Gasteiger partial charge in [-0.1, -0.05) is 11.6 Å². The minimum atomic E-state index is 0.144. The summed E-state index contributed by atoms with van der Waals surface area (Å²) in [4.78, 5) is 4.04. The van der Waals surface area contributed by atoms with Crippen LogP contribution in [0.2, 0.25) is 5.02 Å². The molecule has 4 nitrogen and oxygen atoms in total. The fraction of sp³-hybridized carbons (Fsp3) is 0.500. The number of anilines is 1. The molecule has 0 bridgehead atoms. The first kappa shape index (κ1) is 12.1. The third-order valence-electron chi connectivity index (χ3n) is 2.00. The second kappa shape index (κ2) is 5.78. The maximum atomic E-state index is 5.92. The number of ether oxygens (including phenoxy) is 2. The average Bonchev–Trinajstić information content (AvgIpc) is 2.26. The van der Waals surface area contributed by atoms with Crippen LogP contribution in [-0.4, -0.2) is 31.9 Å². The Hall–Kier alpha value is -1.00. The van der Waals surface area contributed by atoms with E-state index in [1.54, 1.807) is 19.4 Å². The first-order chi connectivity index (χ1) is 7.17. The summed E-state index contributed by atoms with van der Waals surface area (Å²) in [6.45, 7) is 2.69. The molecule has 0 aliphatic heterocycles. The minimum Gasteiger partial charge on any atom is -0.480 e. The maximum Gasteiger partial charge on any atom is 0.232 e. The first-order valence-electron chi connectivity index (χ1n) is 4.63. The summed E-state index contributed by atoms with van der Waals surface area (Å²) in [7, 11) is 3.21. The number of aromatic nitrogens is 1. The summed E-state index contributed by atoms with van der Waals surface area (Å²) >= 11 is 5.92. The highest BCUT2D eigenvalue weighted by molar-refractivity contribution is 6.32. The van der Waals surface area contributed by atoms with Crippen molar-refractivity contribution in [3.8, 4) is 5.88 Å². The lowest BCUT2D eigenvalue weighted by molar-refractivity contribution is 0.129. The van der Waals surface area contributed by atoms with Crippen LogP contribution in [0, 0.1) is 0 Å². The largest absolute Gasteiger partial charge is 0.480 e. The molecule has 0 saturated carbocycles. The molecule has 0 radical (unpaired) electrons. The Morgan fingerprint density at radius 3 is 2.80 bits per heavy atom. The number of methoxy groups -OCH3 is 2. The third kappa shape index (κ3) is 3.57. The van der Waals surface area contributed by atoms with Crippen LogP contribution in [0.4, 0.5) is 5.69 Å². The lowest BCUT2D eigenvalue weighted by atomic mass is 10.3. The van der Waals surface area contributed by atoms with Gasteiger partial charge in [-0.15, -0.1) is 0 Å². The molecular weight excluding hydrogens is 216 g/mol. The number of nitrogens with one attached hydrogen (secondary N) is 1. The highest BCUT2D eigenvalue weighted by Crippen LogP contribution is 2.23. The van der Waals surface area contributed by atoms with Gasteiger partial charge in [-0.05, 0) is 13.0 Å². The molecule has 5 heteroatoms. The summed E-state index contributed by atoms with van der Waals surface area (Å²) in [6.07, 6.45) is 1.82. The number of halogens is 1. The number of hydrogen-bond acceptors (Lipinski definition) is 4. The van der Waals surface area contributed by atoms with E-state index in [1.165, 1.54) is 7.11 Å². The highest BCUT2D eigenvalue weighted by Gasteiger charge is 2.04. The van der Waals surface area contributed by atoms with Crippen LogP contribution < -0.4 is 10.1 Å². The zero-order chi connectivity index (χ0) is 11.3. The van der Waals surface area contributed by atoms with E-state index in [0.717, 1.165) is 5.69 Å². The van der Waals surface area contributed by atoms with E-state index >= 15 is 0 Å².